The minimum absolute atomic E-state index is 0.297. The molecule has 0 aromatic carbocycles. The lowest BCUT2D eigenvalue weighted by atomic mass is 9.42. The van der Waals surface area contributed by atoms with Gasteiger partial charge in [-0.05, 0) is 74.5 Å². The van der Waals surface area contributed by atoms with E-state index in [4.69, 9.17) is 5.21 Å². The zero-order valence-corrected chi connectivity index (χ0v) is 15.5. The summed E-state index contributed by atoms with van der Waals surface area (Å²) in [4.78, 5) is 18.4. The fourth-order valence-corrected chi connectivity index (χ4v) is 6.94. The minimum atomic E-state index is -0.519. The van der Waals surface area contributed by atoms with Gasteiger partial charge in [0.2, 0.25) is 0 Å². The van der Waals surface area contributed by atoms with Crippen molar-refractivity contribution in [3.8, 4) is 0 Å². The fraction of sp³-hybridized carbons (Fsp3) is 0.700. The highest BCUT2D eigenvalue weighted by molar-refractivity contribution is 5.92. The Morgan fingerprint density at radius 2 is 1.92 bits per heavy atom. The Labute approximate surface area is 149 Å². The predicted octanol–water partition coefficient (Wildman–Crippen LogP) is 3.38. The molecule has 1 heterocycles. The van der Waals surface area contributed by atoms with Crippen molar-refractivity contribution in [2.24, 2.45) is 16.7 Å². The average molecular weight is 343 g/mol. The van der Waals surface area contributed by atoms with E-state index in [1.54, 1.807) is 11.5 Å². The molecule has 25 heavy (non-hydrogen) atoms. The molecule has 136 valence electrons. The zero-order valence-electron chi connectivity index (χ0n) is 15.5. The molecule has 1 aromatic rings. The van der Waals surface area contributed by atoms with Gasteiger partial charge in [0.1, 0.15) is 0 Å². The van der Waals surface area contributed by atoms with Gasteiger partial charge in [-0.2, -0.15) is 0 Å². The number of amides is 1. The molecule has 4 aliphatic rings. The maximum atomic E-state index is 11.4. The van der Waals surface area contributed by atoms with Crippen LogP contribution in [0.4, 0.5) is 0 Å². The first-order valence-electron chi connectivity index (χ1n) is 9.36. The third-order valence-electron chi connectivity index (χ3n) is 6.99. The Morgan fingerprint density at radius 3 is 2.44 bits per heavy atom. The zero-order chi connectivity index (χ0) is 17.9. The van der Waals surface area contributed by atoms with Gasteiger partial charge in [-0.3, -0.25) is 19.9 Å². The van der Waals surface area contributed by atoms with Crippen LogP contribution in [0.15, 0.2) is 18.3 Å². The van der Waals surface area contributed by atoms with Crippen molar-refractivity contribution < 1.29 is 10.0 Å². The van der Waals surface area contributed by atoms with Crippen molar-refractivity contribution in [2.45, 2.75) is 64.5 Å². The van der Waals surface area contributed by atoms with E-state index < -0.39 is 5.91 Å². The number of rotatable bonds is 4. The maximum Gasteiger partial charge on any atom is 0.276 e. The first-order valence-corrected chi connectivity index (χ1v) is 9.36. The van der Waals surface area contributed by atoms with Crippen molar-refractivity contribution in [1.29, 1.82) is 0 Å². The van der Waals surface area contributed by atoms with Crippen molar-refractivity contribution in [3.05, 3.63) is 29.6 Å². The molecule has 0 aliphatic heterocycles. The van der Waals surface area contributed by atoms with Gasteiger partial charge in [-0.15, -0.1) is 0 Å². The second kappa shape index (κ2) is 5.52. The maximum absolute atomic E-state index is 11.4. The number of nitrogens with one attached hydrogen (secondary N) is 1. The summed E-state index contributed by atoms with van der Waals surface area (Å²) in [5, 5.41) is 8.71. The molecule has 0 spiro atoms. The van der Waals surface area contributed by atoms with Crippen molar-refractivity contribution in [1.82, 2.24) is 15.4 Å². The molecule has 1 aromatic heterocycles. The van der Waals surface area contributed by atoms with Gasteiger partial charge in [0.25, 0.3) is 5.91 Å². The second-order valence-electron chi connectivity index (χ2n) is 9.69. The SMILES string of the molecule is CN(Cc1ccc(C(=O)NO)cn1)C12CC3C[C@@](C)(C1)C[C@](C)(C3)C2. The van der Waals surface area contributed by atoms with E-state index in [0.717, 1.165) is 18.2 Å². The first-order chi connectivity index (χ1) is 11.7. The van der Waals surface area contributed by atoms with E-state index in [-0.39, 0.29) is 0 Å². The molecule has 2 unspecified atom stereocenters. The van der Waals surface area contributed by atoms with Gasteiger partial charge in [0.15, 0.2) is 0 Å². The highest BCUT2D eigenvalue weighted by atomic mass is 16.5. The lowest BCUT2D eigenvalue weighted by Crippen LogP contribution is -2.64. The Balaban J connectivity index is 1.53. The van der Waals surface area contributed by atoms with Crippen molar-refractivity contribution in [3.63, 3.8) is 0 Å². The van der Waals surface area contributed by atoms with Crippen LogP contribution in [0.5, 0.6) is 0 Å². The number of nitrogens with zero attached hydrogens (tertiary/aromatic N) is 2. The van der Waals surface area contributed by atoms with Crippen molar-refractivity contribution >= 4 is 5.91 Å². The largest absolute Gasteiger partial charge is 0.295 e. The molecule has 1 amide bonds. The Bertz CT molecular complexity index is 669. The number of hydrogen-bond donors (Lipinski definition) is 2. The number of carbonyl (C=O) groups is 1. The molecule has 4 saturated carbocycles. The van der Waals surface area contributed by atoms with Gasteiger partial charge in [-0.25, -0.2) is 5.48 Å². The molecule has 4 bridgehead atoms. The molecule has 2 N–H and O–H groups in total. The third-order valence-corrected chi connectivity index (χ3v) is 6.99. The van der Waals surface area contributed by atoms with E-state index in [1.807, 2.05) is 6.07 Å². The summed E-state index contributed by atoms with van der Waals surface area (Å²) < 4.78 is 0. The van der Waals surface area contributed by atoms with Crippen LogP contribution < -0.4 is 5.48 Å². The normalized spacial score (nSPS) is 39.0. The van der Waals surface area contributed by atoms with Crippen LogP contribution in [0.2, 0.25) is 0 Å². The minimum Gasteiger partial charge on any atom is -0.295 e. The Kier molecular flexibility index (Phi) is 3.75. The van der Waals surface area contributed by atoms with Crippen LogP contribution in [-0.2, 0) is 6.54 Å². The number of aromatic nitrogens is 1. The molecule has 5 rings (SSSR count). The monoisotopic (exact) mass is 343 g/mol. The number of hydrogen-bond acceptors (Lipinski definition) is 4. The topological polar surface area (TPSA) is 65.5 Å². The van der Waals surface area contributed by atoms with Crippen LogP contribution in [0.3, 0.4) is 0 Å². The van der Waals surface area contributed by atoms with Crippen LogP contribution in [0.25, 0.3) is 0 Å². The summed E-state index contributed by atoms with van der Waals surface area (Å²) in [5.74, 6) is 0.353. The van der Waals surface area contributed by atoms with Crippen LogP contribution >= 0.6 is 0 Å². The second-order valence-corrected chi connectivity index (χ2v) is 9.69. The number of pyridine rings is 1. The molecule has 4 aliphatic carbocycles. The van der Waals surface area contributed by atoms with E-state index in [0.29, 0.717) is 21.9 Å². The molecule has 5 heteroatoms. The molecule has 0 saturated heterocycles. The summed E-state index contributed by atoms with van der Waals surface area (Å²) in [6.07, 6.45) is 9.65. The smallest absolute Gasteiger partial charge is 0.276 e. The molecule has 4 atom stereocenters. The molecule has 4 fully saturated rings. The highest BCUT2D eigenvalue weighted by Crippen LogP contribution is 2.67. The van der Waals surface area contributed by atoms with Gasteiger partial charge in [0.05, 0.1) is 11.3 Å². The van der Waals surface area contributed by atoms with Gasteiger partial charge >= 0.3 is 0 Å². The van der Waals surface area contributed by atoms with Crippen molar-refractivity contribution in [2.75, 3.05) is 7.05 Å². The summed E-state index contributed by atoms with van der Waals surface area (Å²) in [6.45, 7) is 5.80. The van der Waals surface area contributed by atoms with Gasteiger partial charge in [-0.1, -0.05) is 13.8 Å². The Morgan fingerprint density at radius 1 is 1.24 bits per heavy atom. The molecular formula is C20H29N3O2. The third kappa shape index (κ3) is 2.87. The number of carbonyl (C=O) groups excluding carboxylic acids is 1. The molecule has 0 radical (unpaired) electrons. The van der Waals surface area contributed by atoms with Gasteiger partial charge in [0, 0.05) is 18.3 Å². The average Bonchev–Trinajstić information content (AvgIpc) is 2.51. The first kappa shape index (κ1) is 17.0. The standard InChI is InChI=1S/C20H29N3O2/c1-18-6-14-7-19(2,11-18)13-20(8-14,12-18)23(3)10-16-5-4-15(9-21-16)17(24)22-25/h4-5,9,14,25H,6-8,10-13H2,1-3H3,(H,22,24)/t14?,18-,19+,20?. The summed E-state index contributed by atoms with van der Waals surface area (Å²) in [5.41, 5.74) is 4.30. The van der Waals surface area contributed by atoms with E-state index in [9.17, 15) is 4.79 Å². The highest BCUT2D eigenvalue weighted by Gasteiger charge is 2.61. The lowest BCUT2D eigenvalue weighted by Gasteiger charge is -2.67. The van der Waals surface area contributed by atoms with Crippen LogP contribution in [0.1, 0.15) is 68.4 Å². The fourth-order valence-electron chi connectivity index (χ4n) is 6.94. The Hall–Kier alpha value is -1.46. The predicted molar refractivity (Wildman–Crippen MR) is 95.1 cm³/mol. The van der Waals surface area contributed by atoms with E-state index in [2.05, 4.69) is 30.8 Å². The van der Waals surface area contributed by atoms with Gasteiger partial charge < -0.3 is 0 Å². The van der Waals surface area contributed by atoms with Crippen LogP contribution in [0, 0.1) is 16.7 Å². The van der Waals surface area contributed by atoms with E-state index in [1.165, 1.54) is 44.7 Å². The summed E-state index contributed by atoms with van der Waals surface area (Å²) in [7, 11) is 2.25. The molecule has 5 nitrogen and oxygen atoms in total. The number of hydroxylamine groups is 1. The summed E-state index contributed by atoms with van der Waals surface area (Å²) in [6, 6.07) is 3.62. The van der Waals surface area contributed by atoms with E-state index >= 15 is 0 Å². The molecular weight excluding hydrogens is 314 g/mol. The summed E-state index contributed by atoms with van der Waals surface area (Å²) >= 11 is 0. The lowest BCUT2D eigenvalue weighted by molar-refractivity contribution is -0.158. The van der Waals surface area contributed by atoms with Crippen LogP contribution in [-0.4, -0.2) is 33.6 Å². The quantitative estimate of drug-likeness (QED) is 0.650.